The number of rotatable bonds is 4. The summed E-state index contributed by atoms with van der Waals surface area (Å²) in [6, 6.07) is 11.7. The molecule has 3 heteroatoms. The molecule has 0 amide bonds. The van der Waals surface area contributed by atoms with Gasteiger partial charge >= 0.3 is 0 Å². The van der Waals surface area contributed by atoms with Crippen molar-refractivity contribution in [2.24, 2.45) is 5.73 Å². The van der Waals surface area contributed by atoms with E-state index in [0.717, 1.165) is 17.8 Å². The monoisotopic (exact) mass is 286 g/mol. The van der Waals surface area contributed by atoms with Crippen LogP contribution in [0.1, 0.15) is 35.2 Å². The number of hydrogen-bond acceptors (Lipinski definition) is 2. The van der Waals surface area contributed by atoms with E-state index in [2.05, 4.69) is 36.1 Å². The van der Waals surface area contributed by atoms with Crippen LogP contribution in [0.5, 0.6) is 0 Å². The van der Waals surface area contributed by atoms with Gasteiger partial charge in [-0.1, -0.05) is 29.8 Å². The lowest BCUT2D eigenvalue weighted by atomic mass is 10.0. The average molecular weight is 286 g/mol. The molecular formula is C18H23FN2. The van der Waals surface area contributed by atoms with Crippen molar-refractivity contribution in [3.63, 3.8) is 0 Å². The Kier molecular flexibility index (Phi) is 4.63. The molecule has 0 saturated heterocycles. The largest absolute Gasteiger partial charge is 0.370 e. The fraction of sp³-hybridized carbons (Fsp3) is 0.333. The summed E-state index contributed by atoms with van der Waals surface area (Å²) in [7, 11) is 2.01. The molecule has 2 N–H and O–H groups in total. The zero-order valence-corrected chi connectivity index (χ0v) is 13.2. The Balaban J connectivity index is 2.31. The second-order valence-electron chi connectivity index (χ2n) is 5.79. The molecule has 1 atom stereocenters. The highest BCUT2D eigenvalue weighted by molar-refractivity contribution is 5.57. The fourth-order valence-electron chi connectivity index (χ4n) is 2.43. The van der Waals surface area contributed by atoms with Gasteiger partial charge in [0.25, 0.3) is 0 Å². The van der Waals surface area contributed by atoms with Gasteiger partial charge in [0.05, 0.1) is 0 Å². The van der Waals surface area contributed by atoms with Gasteiger partial charge in [-0.15, -0.1) is 0 Å². The maximum Gasteiger partial charge on any atom is 0.126 e. The summed E-state index contributed by atoms with van der Waals surface area (Å²) < 4.78 is 13.8. The molecule has 0 radical (unpaired) electrons. The average Bonchev–Trinajstić information content (AvgIpc) is 2.43. The lowest BCUT2D eigenvalue weighted by molar-refractivity contribution is 0.612. The Morgan fingerprint density at radius 3 is 2.33 bits per heavy atom. The first-order valence-corrected chi connectivity index (χ1v) is 7.21. The summed E-state index contributed by atoms with van der Waals surface area (Å²) in [4.78, 5) is 2.12. The first-order valence-electron chi connectivity index (χ1n) is 7.21. The molecule has 0 aliphatic carbocycles. The second-order valence-corrected chi connectivity index (χ2v) is 5.79. The van der Waals surface area contributed by atoms with Crippen molar-refractivity contribution in [3.05, 3.63) is 64.5 Å². The Bertz CT molecular complexity index is 618. The molecule has 2 rings (SSSR count). The summed E-state index contributed by atoms with van der Waals surface area (Å²) in [6.07, 6.45) is 0. The van der Waals surface area contributed by atoms with Crippen LogP contribution in [-0.4, -0.2) is 7.05 Å². The third-order valence-corrected chi connectivity index (χ3v) is 3.75. The standard InChI is InChI=1S/C18H23FN2/c1-12-5-7-15(8-6-12)11-21(4)18-9-13(2)17(19)10-16(18)14(3)20/h5-10,14H,11,20H2,1-4H3. The third kappa shape index (κ3) is 3.61. The summed E-state index contributed by atoms with van der Waals surface area (Å²) in [5.74, 6) is -0.199. The molecule has 0 aliphatic heterocycles. The van der Waals surface area contributed by atoms with E-state index >= 15 is 0 Å². The van der Waals surface area contributed by atoms with Crippen LogP contribution in [-0.2, 0) is 6.54 Å². The number of benzene rings is 2. The van der Waals surface area contributed by atoms with Gasteiger partial charge in [0.15, 0.2) is 0 Å². The highest BCUT2D eigenvalue weighted by Crippen LogP contribution is 2.28. The van der Waals surface area contributed by atoms with Gasteiger partial charge in [0, 0.05) is 25.3 Å². The van der Waals surface area contributed by atoms with Crippen LogP contribution in [0, 0.1) is 19.7 Å². The molecule has 0 heterocycles. The van der Waals surface area contributed by atoms with Crippen molar-refractivity contribution >= 4 is 5.69 Å². The van der Waals surface area contributed by atoms with Gasteiger partial charge < -0.3 is 10.6 Å². The molecule has 0 aromatic heterocycles. The molecule has 0 aliphatic rings. The van der Waals surface area contributed by atoms with Crippen LogP contribution >= 0.6 is 0 Å². The third-order valence-electron chi connectivity index (χ3n) is 3.75. The minimum absolute atomic E-state index is 0.199. The minimum Gasteiger partial charge on any atom is -0.370 e. The normalized spacial score (nSPS) is 12.3. The predicted molar refractivity (Wildman–Crippen MR) is 87.0 cm³/mol. The Morgan fingerprint density at radius 1 is 1.14 bits per heavy atom. The molecular weight excluding hydrogens is 263 g/mol. The van der Waals surface area contributed by atoms with E-state index in [0.29, 0.717) is 5.56 Å². The zero-order valence-electron chi connectivity index (χ0n) is 13.2. The lowest BCUT2D eigenvalue weighted by Crippen LogP contribution is -2.20. The highest BCUT2D eigenvalue weighted by atomic mass is 19.1. The number of anilines is 1. The van der Waals surface area contributed by atoms with Crippen LogP contribution in [0.2, 0.25) is 0 Å². The summed E-state index contributed by atoms with van der Waals surface area (Å²) >= 11 is 0. The smallest absolute Gasteiger partial charge is 0.126 e. The lowest BCUT2D eigenvalue weighted by Gasteiger charge is -2.25. The Hall–Kier alpha value is -1.87. The summed E-state index contributed by atoms with van der Waals surface area (Å²) in [5, 5.41) is 0. The van der Waals surface area contributed by atoms with Gasteiger partial charge in [-0.05, 0) is 49.6 Å². The van der Waals surface area contributed by atoms with E-state index in [9.17, 15) is 4.39 Å². The maximum absolute atomic E-state index is 13.8. The molecule has 0 bridgehead atoms. The molecule has 0 spiro atoms. The maximum atomic E-state index is 13.8. The van der Waals surface area contributed by atoms with Gasteiger partial charge in [-0.2, -0.15) is 0 Å². The number of hydrogen-bond donors (Lipinski definition) is 1. The first-order chi connectivity index (χ1) is 9.88. The predicted octanol–water partition coefficient (Wildman–Crippen LogP) is 4.10. The summed E-state index contributed by atoms with van der Waals surface area (Å²) in [5.41, 5.74) is 10.9. The van der Waals surface area contributed by atoms with Crippen LogP contribution in [0.3, 0.4) is 0 Å². The van der Waals surface area contributed by atoms with Crippen LogP contribution in [0.4, 0.5) is 10.1 Å². The van der Waals surface area contributed by atoms with E-state index in [4.69, 9.17) is 5.73 Å². The highest BCUT2D eigenvalue weighted by Gasteiger charge is 2.14. The van der Waals surface area contributed by atoms with E-state index in [1.54, 1.807) is 13.0 Å². The second kappa shape index (κ2) is 6.27. The first kappa shape index (κ1) is 15.5. The fourth-order valence-corrected chi connectivity index (χ4v) is 2.43. The van der Waals surface area contributed by atoms with Crippen molar-refractivity contribution in [1.29, 1.82) is 0 Å². The van der Waals surface area contributed by atoms with Crippen molar-refractivity contribution in [3.8, 4) is 0 Å². The van der Waals surface area contributed by atoms with Gasteiger partial charge in [-0.25, -0.2) is 4.39 Å². The number of halogens is 1. The molecule has 0 saturated carbocycles. The van der Waals surface area contributed by atoms with E-state index in [1.165, 1.54) is 11.1 Å². The Labute approximate surface area is 126 Å². The van der Waals surface area contributed by atoms with Crippen molar-refractivity contribution in [2.45, 2.75) is 33.4 Å². The van der Waals surface area contributed by atoms with E-state index < -0.39 is 0 Å². The minimum atomic E-state index is -0.199. The van der Waals surface area contributed by atoms with Crippen LogP contribution in [0.25, 0.3) is 0 Å². The SMILES string of the molecule is Cc1ccc(CN(C)c2cc(C)c(F)cc2C(C)N)cc1. The van der Waals surface area contributed by atoms with Crippen molar-refractivity contribution < 1.29 is 4.39 Å². The molecule has 0 fully saturated rings. The van der Waals surface area contributed by atoms with Crippen LogP contribution < -0.4 is 10.6 Å². The number of aryl methyl sites for hydroxylation is 2. The van der Waals surface area contributed by atoms with Crippen molar-refractivity contribution in [1.82, 2.24) is 0 Å². The molecule has 1 unspecified atom stereocenters. The van der Waals surface area contributed by atoms with E-state index in [1.807, 2.05) is 20.0 Å². The van der Waals surface area contributed by atoms with Crippen molar-refractivity contribution in [2.75, 3.05) is 11.9 Å². The number of nitrogens with two attached hydrogens (primary N) is 1. The topological polar surface area (TPSA) is 29.3 Å². The van der Waals surface area contributed by atoms with Crippen LogP contribution in [0.15, 0.2) is 36.4 Å². The molecule has 2 aromatic rings. The molecule has 112 valence electrons. The van der Waals surface area contributed by atoms with Gasteiger partial charge in [-0.3, -0.25) is 0 Å². The van der Waals surface area contributed by atoms with Gasteiger partial charge in [0.1, 0.15) is 5.82 Å². The van der Waals surface area contributed by atoms with E-state index in [-0.39, 0.29) is 11.9 Å². The zero-order chi connectivity index (χ0) is 15.6. The van der Waals surface area contributed by atoms with Gasteiger partial charge in [0.2, 0.25) is 0 Å². The summed E-state index contributed by atoms with van der Waals surface area (Å²) in [6.45, 7) is 6.51. The molecule has 21 heavy (non-hydrogen) atoms. The Morgan fingerprint density at radius 2 is 1.76 bits per heavy atom. The molecule has 2 nitrogen and oxygen atoms in total. The molecule has 2 aromatic carbocycles. The number of nitrogens with zero attached hydrogens (tertiary/aromatic N) is 1. The quantitative estimate of drug-likeness (QED) is 0.917.